The van der Waals surface area contributed by atoms with Crippen LogP contribution >= 0.6 is 15.9 Å². The molecule has 0 fully saturated rings. The quantitative estimate of drug-likeness (QED) is 0.850. The molecule has 0 aliphatic heterocycles. The molecule has 0 unspecified atom stereocenters. The second-order valence-corrected chi connectivity index (χ2v) is 4.02. The SMILES string of the molecule is Cc1cc(OC(F)F)cc(CC(=O)O)c1CBr. The fourth-order valence-electron chi connectivity index (χ4n) is 1.54. The Labute approximate surface area is 106 Å². The van der Waals surface area contributed by atoms with Crippen LogP contribution in [-0.2, 0) is 16.5 Å². The molecule has 94 valence electrons. The third-order valence-electron chi connectivity index (χ3n) is 2.24. The minimum absolute atomic E-state index is 0.0153. The molecule has 0 saturated carbocycles. The Balaban J connectivity index is 3.13. The number of hydrogen-bond acceptors (Lipinski definition) is 2. The Morgan fingerprint density at radius 2 is 2.18 bits per heavy atom. The van der Waals surface area contributed by atoms with E-state index in [0.717, 1.165) is 11.1 Å². The minimum atomic E-state index is -2.91. The van der Waals surface area contributed by atoms with E-state index in [-0.39, 0.29) is 12.2 Å². The number of rotatable bonds is 5. The molecule has 3 nitrogen and oxygen atoms in total. The van der Waals surface area contributed by atoms with Crippen molar-refractivity contribution in [1.82, 2.24) is 0 Å². The van der Waals surface area contributed by atoms with Gasteiger partial charge in [0, 0.05) is 5.33 Å². The van der Waals surface area contributed by atoms with Crippen molar-refractivity contribution in [3.8, 4) is 5.75 Å². The number of aliphatic carboxylic acids is 1. The highest BCUT2D eigenvalue weighted by Gasteiger charge is 2.13. The van der Waals surface area contributed by atoms with Crippen molar-refractivity contribution in [3.63, 3.8) is 0 Å². The van der Waals surface area contributed by atoms with Crippen LogP contribution in [0, 0.1) is 6.92 Å². The Hall–Kier alpha value is -1.17. The van der Waals surface area contributed by atoms with E-state index >= 15 is 0 Å². The van der Waals surface area contributed by atoms with Crippen molar-refractivity contribution in [2.75, 3.05) is 0 Å². The number of carboxylic acids is 1. The van der Waals surface area contributed by atoms with Crippen molar-refractivity contribution in [2.24, 2.45) is 0 Å². The van der Waals surface area contributed by atoms with Gasteiger partial charge in [0.25, 0.3) is 0 Å². The highest BCUT2D eigenvalue weighted by molar-refractivity contribution is 9.08. The van der Waals surface area contributed by atoms with Crippen molar-refractivity contribution >= 4 is 21.9 Å². The zero-order chi connectivity index (χ0) is 13.0. The summed E-state index contributed by atoms with van der Waals surface area (Å²) in [6.07, 6.45) is -0.220. The third kappa shape index (κ3) is 3.96. The number of ether oxygens (including phenoxy) is 1. The topological polar surface area (TPSA) is 46.5 Å². The Bertz CT molecular complexity index is 421. The lowest BCUT2D eigenvalue weighted by atomic mass is 10.0. The average molecular weight is 309 g/mol. The molecule has 0 heterocycles. The predicted molar refractivity (Wildman–Crippen MR) is 61.8 cm³/mol. The van der Waals surface area contributed by atoms with Crippen LogP contribution in [0.4, 0.5) is 8.78 Å². The number of carboxylic acid groups (broad SMARTS) is 1. The summed E-state index contributed by atoms with van der Waals surface area (Å²) in [6.45, 7) is -1.19. The van der Waals surface area contributed by atoms with E-state index in [1.165, 1.54) is 12.1 Å². The summed E-state index contributed by atoms with van der Waals surface area (Å²) in [4.78, 5) is 10.7. The molecular weight excluding hydrogens is 298 g/mol. The molecule has 1 aromatic carbocycles. The number of alkyl halides is 3. The second-order valence-electron chi connectivity index (χ2n) is 3.46. The van der Waals surface area contributed by atoms with Crippen molar-refractivity contribution < 1.29 is 23.4 Å². The summed E-state index contributed by atoms with van der Waals surface area (Å²) in [7, 11) is 0. The summed E-state index contributed by atoms with van der Waals surface area (Å²) in [5, 5.41) is 9.21. The van der Waals surface area contributed by atoms with Gasteiger partial charge in [-0.1, -0.05) is 15.9 Å². The lowest BCUT2D eigenvalue weighted by Gasteiger charge is -2.12. The van der Waals surface area contributed by atoms with E-state index in [4.69, 9.17) is 5.11 Å². The molecule has 6 heteroatoms. The van der Waals surface area contributed by atoms with E-state index in [9.17, 15) is 13.6 Å². The molecule has 0 aromatic heterocycles. The monoisotopic (exact) mass is 308 g/mol. The highest BCUT2D eigenvalue weighted by atomic mass is 79.9. The van der Waals surface area contributed by atoms with E-state index < -0.39 is 12.6 Å². The first kappa shape index (κ1) is 13.9. The molecule has 1 N–H and O–H groups in total. The molecule has 0 amide bonds. The van der Waals surface area contributed by atoms with Gasteiger partial charge < -0.3 is 9.84 Å². The lowest BCUT2D eigenvalue weighted by molar-refractivity contribution is -0.136. The fraction of sp³-hybridized carbons (Fsp3) is 0.364. The Morgan fingerprint density at radius 1 is 1.53 bits per heavy atom. The van der Waals surface area contributed by atoms with E-state index in [1.807, 2.05) is 0 Å². The van der Waals surface area contributed by atoms with Crippen molar-refractivity contribution in [1.29, 1.82) is 0 Å². The van der Waals surface area contributed by atoms with Gasteiger partial charge in [-0.15, -0.1) is 0 Å². The zero-order valence-electron chi connectivity index (χ0n) is 9.04. The normalized spacial score (nSPS) is 10.6. The molecule has 0 atom stereocenters. The van der Waals surface area contributed by atoms with E-state index in [0.29, 0.717) is 10.9 Å². The fourth-order valence-corrected chi connectivity index (χ4v) is 2.34. The van der Waals surface area contributed by atoms with Crippen molar-refractivity contribution in [2.45, 2.75) is 25.3 Å². The number of aryl methyl sites for hydroxylation is 1. The molecule has 17 heavy (non-hydrogen) atoms. The maximum atomic E-state index is 12.1. The van der Waals surface area contributed by atoms with Gasteiger partial charge in [0.05, 0.1) is 6.42 Å². The molecule has 1 aromatic rings. The van der Waals surface area contributed by atoms with E-state index in [1.54, 1.807) is 6.92 Å². The van der Waals surface area contributed by atoms with Gasteiger partial charge in [-0.25, -0.2) is 0 Å². The molecule has 0 spiro atoms. The number of hydrogen-bond donors (Lipinski definition) is 1. The third-order valence-corrected chi connectivity index (χ3v) is 2.80. The second kappa shape index (κ2) is 5.95. The first-order chi connectivity index (χ1) is 7.93. The molecule has 0 saturated heterocycles. The van der Waals surface area contributed by atoms with Crippen LogP contribution in [0.2, 0.25) is 0 Å². The zero-order valence-corrected chi connectivity index (χ0v) is 10.6. The number of halogens is 3. The van der Waals surface area contributed by atoms with Crippen LogP contribution in [0.15, 0.2) is 12.1 Å². The Morgan fingerprint density at radius 3 is 2.65 bits per heavy atom. The van der Waals surface area contributed by atoms with Gasteiger partial charge in [0.2, 0.25) is 0 Å². The van der Waals surface area contributed by atoms with Gasteiger partial charge in [-0.3, -0.25) is 4.79 Å². The van der Waals surface area contributed by atoms with Gasteiger partial charge >= 0.3 is 12.6 Å². The predicted octanol–water partition coefficient (Wildman–Crippen LogP) is 3.12. The van der Waals surface area contributed by atoms with Crippen LogP contribution in [-0.4, -0.2) is 17.7 Å². The van der Waals surface area contributed by atoms with Crippen LogP contribution in [0.1, 0.15) is 16.7 Å². The molecule has 1 rings (SSSR count). The first-order valence-corrected chi connectivity index (χ1v) is 5.91. The average Bonchev–Trinajstić information content (AvgIpc) is 2.14. The smallest absolute Gasteiger partial charge is 0.387 e. The number of carbonyl (C=O) groups is 1. The maximum absolute atomic E-state index is 12.1. The standard InChI is InChI=1S/C11H11BrF2O3/c1-6-2-8(17-11(13)14)3-7(4-10(15)16)9(6)5-12/h2-3,11H,4-5H2,1H3,(H,15,16). The molecular formula is C11H11BrF2O3. The van der Waals surface area contributed by atoms with Gasteiger partial charge in [-0.2, -0.15) is 8.78 Å². The molecule has 0 bridgehead atoms. The highest BCUT2D eigenvalue weighted by Crippen LogP contribution is 2.26. The van der Waals surface area contributed by atoms with Gasteiger partial charge in [0.15, 0.2) is 0 Å². The minimum Gasteiger partial charge on any atom is -0.481 e. The first-order valence-electron chi connectivity index (χ1n) is 4.79. The maximum Gasteiger partial charge on any atom is 0.387 e. The van der Waals surface area contributed by atoms with E-state index in [2.05, 4.69) is 20.7 Å². The van der Waals surface area contributed by atoms with Crippen LogP contribution in [0.5, 0.6) is 5.75 Å². The summed E-state index contributed by atoms with van der Waals surface area (Å²) >= 11 is 3.24. The van der Waals surface area contributed by atoms with Gasteiger partial charge in [0.1, 0.15) is 5.75 Å². The molecule has 0 aliphatic rings. The largest absolute Gasteiger partial charge is 0.481 e. The summed E-state index contributed by atoms with van der Waals surface area (Å²) in [5.41, 5.74) is 1.98. The van der Waals surface area contributed by atoms with Crippen LogP contribution in [0.25, 0.3) is 0 Å². The summed E-state index contributed by atoms with van der Waals surface area (Å²) in [6, 6.07) is 2.80. The summed E-state index contributed by atoms with van der Waals surface area (Å²) < 4.78 is 28.4. The van der Waals surface area contributed by atoms with Crippen LogP contribution in [0.3, 0.4) is 0 Å². The molecule has 0 radical (unpaired) electrons. The Kier molecular flexibility index (Phi) is 4.86. The summed E-state index contributed by atoms with van der Waals surface area (Å²) in [5.74, 6) is -1.03. The van der Waals surface area contributed by atoms with Crippen LogP contribution < -0.4 is 4.74 Å². The molecule has 0 aliphatic carbocycles. The number of benzene rings is 1. The lowest BCUT2D eigenvalue weighted by Crippen LogP contribution is -2.07. The van der Waals surface area contributed by atoms with Gasteiger partial charge in [-0.05, 0) is 35.7 Å². The van der Waals surface area contributed by atoms with Crippen molar-refractivity contribution in [3.05, 3.63) is 28.8 Å².